The van der Waals surface area contributed by atoms with E-state index >= 15 is 0 Å². The van der Waals surface area contributed by atoms with Crippen molar-refractivity contribution in [3.8, 4) is 0 Å². The molecule has 0 saturated heterocycles. The molecule has 17 heavy (non-hydrogen) atoms. The van der Waals surface area contributed by atoms with Gasteiger partial charge in [-0.3, -0.25) is 0 Å². The van der Waals surface area contributed by atoms with Gasteiger partial charge in [0.25, 0.3) is 0 Å². The average molecular weight is 301 g/mol. The van der Waals surface area contributed by atoms with Gasteiger partial charge >= 0.3 is 0 Å². The number of hydrogen-bond acceptors (Lipinski definition) is 3. The van der Waals surface area contributed by atoms with Crippen LogP contribution in [0.1, 0.15) is 12.5 Å². The average Bonchev–Trinajstić information content (AvgIpc) is 2.32. The molecule has 0 spiro atoms. The molecule has 1 aromatic carbocycles. The molecule has 0 bridgehead atoms. The fraction of sp³-hybridized carbons (Fsp3) is 0.538. The van der Waals surface area contributed by atoms with Gasteiger partial charge in [0, 0.05) is 31.2 Å². The zero-order valence-corrected chi connectivity index (χ0v) is 12.4. The van der Waals surface area contributed by atoms with Crippen molar-refractivity contribution in [2.75, 3.05) is 38.8 Å². The lowest BCUT2D eigenvalue weighted by atomic mass is 10.2. The van der Waals surface area contributed by atoms with Crippen LogP contribution in [0.5, 0.6) is 0 Å². The van der Waals surface area contributed by atoms with Crippen molar-refractivity contribution in [1.82, 2.24) is 5.32 Å². The lowest BCUT2D eigenvalue weighted by molar-refractivity contribution is 0.205. The number of rotatable bonds is 7. The van der Waals surface area contributed by atoms with Gasteiger partial charge in [-0.1, -0.05) is 6.07 Å². The molecule has 0 aromatic heterocycles. The van der Waals surface area contributed by atoms with E-state index in [-0.39, 0.29) is 0 Å². The molecule has 1 N–H and O–H groups in total. The smallest absolute Gasteiger partial charge is 0.0637 e. The first kappa shape index (κ1) is 14.5. The van der Waals surface area contributed by atoms with Crippen LogP contribution < -0.4 is 10.2 Å². The number of anilines is 1. The van der Waals surface area contributed by atoms with Crippen LogP contribution in [0, 0.1) is 0 Å². The van der Waals surface area contributed by atoms with Crippen LogP contribution in [0.2, 0.25) is 0 Å². The summed E-state index contributed by atoms with van der Waals surface area (Å²) in [5, 5.41) is 3.15. The van der Waals surface area contributed by atoms with E-state index in [9.17, 15) is 0 Å². The fourth-order valence-corrected chi connectivity index (χ4v) is 2.45. The van der Waals surface area contributed by atoms with E-state index in [0.29, 0.717) is 0 Å². The van der Waals surface area contributed by atoms with Gasteiger partial charge in [0.05, 0.1) is 12.3 Å². The SMILES string of the molecule is CCN(CCOC)c1ccc(CNC)cc1Br. The van der Waals surface area contributed by atoms with Crippen molar-refractivity contribution in [3.63, 3.8) is 0 Å². The lowest BCUT2D eigenvalue weighted by Crippen LogP contribution is -2.27. The highest BCUT2D eigenvalue weighted by atomic mass is 79.9. The van der Waals surface area contributed by atoms with Crippen molar-refractivity contribution >= 4 is 21.6 Å². The van der Waals surface area contributed by atoms with E-state index < -0.39 is 0 Å². The second-order valence-electron chi connectivity index (χ2n) is 3.89. The highest BCUT2D eigenvalue weighted by Gasteiger charge is 2.08. The Morgan fingerprint density at radius 3 is 2.71 bits per heavy atom. The Labute approximate surface area is 112 Å². The van der Waals surface area contributed by atoms with Crippen LogP contribution in [0.15, 0.2) is 22.7 Å². The first-order valence-corrected chi connectivity index (χ1v) is 6.69. The number of benzene rings is 1. The van der Waals surface area contributed by atoms with Crippen molar-refractivity contribution in [1.29, 1.82) is 0 Å². The van der Waals surface area contributed by atoms with Gasteiger partial charge in [0.15, 0.2) is 0 Å². The van der Waals surface area contributed by atoms with Crippen LogP contribution in [0.4, 0.5) is 5.69 Å². The molecule has 0 amide bonds. The molecule has 0 radical (unpaired) electrons. The van der Waals surface area contributed by atoms with E-state index in [2.05, 4.69) is 51.3 Å². The molecule has 1 aromatic rings. The van der Waals surface area contributed by atoms with Gasteiger partial charge in [0.1, 0.15) is 0 Å². The summed E-state index contributed by atoms with van der Waals surface area (Å²) in [5.74, 6) is 0. The third-order valence-corrected chi connectivity index (χ3v) is 3.32. The van der Waals surface area contributed by atoms with Gasteiger partial charge in [0.2, 0.25) is 0 Å². The molecule has 1 rings (SSSR count). The number of halogens is 1. The molecule has 0 atom stereocenters. The molecule has 0 aliphatic heterocycles. The van der Waals surface area contributed by atoms with Crippen molar-refractivity contribution in [2.24, 2.45) is 0 Å². The Balaban J connectivity index is 2.81. The summed E-state index contributed by atoms with van der Waals surface area (Å²) in [6, 6.07) is 6.49. The molecule has 4 heteroatoms. The summed E-state index contributed by atoms with van der Waals surface area (Å²) < 4.78 is 6.27. The van der Waals surface area contributed by atoms with Crippen LogP contribution in [0.25, 0.3) is 0 Å². The molecule has 0 saturated carbocycles. The molecule has 0 heterocycles. The van der Waals surface area contributed by atoms with Crippen molar-refractivity contribution in [2.45, 2.75) is 13.5 Å². The molecular formula is C13H21BrN2O. The third-order valence-electron chi connectivity index (χ3n) is 2.68. The summed E-state index contributed by atoms with van der Waals surface area (Å²) in [6.07, 6.45) is 0. The monoisotopic (exact) mass is 300 g/mol. The Hall–Kier alpha value is -0.580. The largest absolute Gasteiger partial charge is 0.383 e. The van der Waals surface area contributed by atoms with E-state index in [4.69, 9.17) is 4.74 Å². The quantitative estimate of drug-likeness (QED) is 0.838. The number of likely N-dealkylation sites (N-methyl/N-ethyl adjacent to an activating group) is 1. The molecule has 0 fully saturated rings. The number of ether oxygens (including phenoxy) is 1. The molecule has 3 nitrogen and oxygen atoms in total. The maximum absolute atomic E-state index is 5.13. The summed E-state index contributed by atoms with van der Waals surface area (Å²) in [6.45, 7) is 5.69. The Bertz CT molecular complexity index is 344. The first-order valence-electron chi connectivity index (χ1n) is 5.89. The van der Waals surface area contributed by atoms with Gasteiger partial charge < -0.3 is 15.0 Å². The predicted molar refractivity (Wildman–Crippen MR) is 76.7 cm³/mol. The Morgan fingerprint density at radius 2 is 2.18 bits per heavy atom. The van der Waals surface area contributed by atoms with E-state index in [0.717, 1.165) is 30.7 Å². The first-order chi connectivity index (χ1) is 8.22. The molecule has 0 aliphatic carbocycles. The van der Waals surface area contributed by atoms with Gasteiger partial charge in [-0.05, 0) is 47.6 Å². The highest BCUT2D eigenvalue weighted by Crippen LogP contribution is 2.27. The van der Waals surface area contributed by atoms with Gasteiger partial charge in [-0.15, -0.1) is 0 Å². The maximum Gasteiger partial charge on any atom is 0.0637 e. The van der Waals surface area contributed by atoms with Gasteiger partial charge in [-0.25, -0.2) is 0 Å². The molecule has 0 aliphatic rings. The predicted octanol–water partition coefficient (Wildman–Crippen LogP) is 2.64. The summed E-state index contributed by atoms with van der Waals surface area (Å²) >= 11 is 3.64. The molecule has 96 valence electrons. The second kappa shape index (κ2) is 7.69. The van der Waals surface area contributed by atoms with Crippen molar-refractivity contribution < 1.29 is 4.74 Å². The number of hydrogen-bond donors (Lipinski definition) is 1. The number of nitrogens with zero attached hydrogens (tertiary/aromatic N) is 1. The molecule has 0 unspecified atom stereocenters. The molecular weight excluding hydrogens is 280 g/mol. The van der Waals surface area contributed by atoms with Crippen molar-refractivity contribution in [3.05, 3.63) is 28.2 Å². The minimum Gasteiger partial charge on any atom is -0.383 e. The summed E-state index contributed by atoms with van der Waals surface area (Å²) in [4.78, 5) is 2.30. The second-order valence-corrected chi connectivity index (χ2v) is 4.74. The zero-order valence-electron chi connectivity index (χ0n) is 10.8. The summed E-state index contributed by atoms with van der Waals surface area (Å²) in [7, 11) is 3.69. The minimum atomic E-state index is 0.749. The summed E-state index contributed by atoms with van der Waals surface area (Å²) in [5.41, 5.74) is 2.51. The normalized spacial score (nSPS) is 10.6. The Morgan fingerprint density at radius 1 is 1.41 bits per heavy atom. The number of nitrogens with one attached hydrogen (secondary N) is 1. The highest BCUT2D eigenvalue weighted by molar-refractivity contribution is 9.10. The fourth-order valence-electron chi connectivity index (χ4n) is 1.77. The zero-order chi connectivity index (χ0) is 12.7. The number of methoxy groups -OCH3 is 1. The van der Waals surface area contributed by atoms with Crippen LogP contribution in [-0.4, -0.2) is 33.9 Å². The lowest BCUT2D eigenvalue weighted by Gasteiger charge is -2.24. The Kier molecular flexibility index (Phi) is 6.55. The van der Waals surface area contributed by atoms with Gasteiger partial charge in [-0.2, -0.15) is 0 Å². The maximum atomic E-state index is 5.13. The third kappa shape index (κ3) is 4.30. The topological polar surface area (TPSA) is 24.5 Å². The van der Waals surface area contributed by atoms with E-state index in [1.54, 1.807) is 7.11 Å². The van der Waals surface area contributed by atoms with Crippen LogP contribution >= 0.6 is 15.9 Å². The van der Waals surface area contributed by atoms with E-state index in [1.807, 2.05) is 7.05 Å². The minimum absolute atomic E-state index is 0.749. The van der Waals surface area contributed by atoms with Crippen LogP contribution in [0.3, 0.4) is 0 Å². The van der Waals surface area contributed by atoms with E-state index in [1.165, 1.54) is 11.3 Å². The standard InChI is InChI=1S/C13H21BrN2O/c1-4-16(7-8-17-3)13-6-5-11(10-15-2)9-12(13)14/h5-6,9,15H,4,7-8,10H2,1-3H3. The van der Waals surface area contributed by atoms with Crippen LogP contribution in [-0.2, 0) is 11.3 Å².